The standard InChI is InChI=1S/C18H4Cl4N4O2/c19-5-1-9-11(3-7(5)21)25-15-13(23-9)14-16(18(28)17(15)27)26-12-4-8(22)6(20)2-10(12)24-14/h1-4H. The summed E-state index contributed by atoms with van der Waals surface area (Å²) in [5.41, 5.74) is 1.53. The van der Waals surface area contributed by atoms with Crippen LogP contribution in [0.3, 0.4) is 0 Å². The number of carbonyl (C=O) groups excluding carboxylic acids is 2. The number of Topliss-reactive ketones (excluding diaryl/α,β-unsaturated/α-hetero) is 2. The first kappa shape index (κ1) is 17.7. The van der Waals surface area contributed by atoms with Crippen molar-refractivity contribution in [1.29, 1.82) is 0 Å². The van der Waals surface area contributed by atoms with Gasteiger partial charge in [0.15, 0.2) is 0 Å². The summed E-state index contributed by atoms with van der Waals surface area (Å²) in [4.78, 5) is 42.7. The van der Waals surface area contributed by atoms with E-state index in [0.29, 0.717) is 22.1 Å². The van der Waals surface area contributed by atoms with E-state index in [2.05, 4.69) is 19.9 Å². The molecule has 0 N–H and O–H groups in total. The van der Waals surface area contributed by atoms with E-state index in [9.17, 15) is 9.59 Å². The Balaban J connectivity index is 1.88. The van der Waals surface area contributed by atoms with Crippen molar-refractivity contribution in [3.63, 3.8) is 0 Å². The number of halogens is 4. The van der Waals surface area contributed by atoms with Gasteiger partial charge < -0.3 is 0 Å². The Kier molecular flexibility index (Phi) is 3.83. The molecule has 4 aromatic rings. The van der Waals surface area contributed by atoms with Gasteiger partial charge in [-0.1, -0.05) is 46.4 Å². The number of benzene rings is 2. The summed E-state index contributed by atoms with van der Waals surface area (Å²) < 4.78 is 0. The van der Waals surface area contributed by atoms with E-state index in [0.717, 1.165) is 0 Å². The Morgan fingerprint density at radius 3 is 1.00 bits per heavy atom. The molecule has 0 atom stereocenters. The molecule has 1 aliphatic carbocycles. The third-order valence-corrected chi connectivity index (χ3v) is 5.72. The van der Waals surface area contributed by atoms with Crippen molar-refractivity contribution >= 4 is 80.0 Å². The fourth-order valence-corrected chi connectivity index (χ4v) is 3.60. The second-order valence-corrected chi connectivity index (χ2v) is 7.64. The van der Waals surface area contributed by atoms with Crippen LogP contribution < -0.4 is 0 Å². The van der Waals surface area contributed by atoms with Gasteiger partial charge in [0.2, 0.25) is 0 Å². The molecular weight excluding hydrogens is 446 g/mol. The SMILES string of the molecule is O=C1C(=O)c2nc3cc(Cl)c(Cl)cc3nc2-c2nc3cc(Cl)c(Cl)cc3nc21. The number of hydrogen-bond acceptors (Lipinski definition) is 6. The molecule has 0 fully saturated rings. The van der Waals surface area contributed by atoms with Crippen LogP contribution in [0.15, 0.2) is 24.3 Å². The first-order valence-electron chi connectivity index (χ1n) is 7.76. The summed E-state index contributed by atoms with van der Waals surface area (Å²) in [7, 11) is 0. The molecule has 10 heteroatoms. The van der Waals surface area contributed by atoms with E-state index in [4.69, 9.17) is 46.4 Å². The fourth-order valence-electron chi connectivity index (χ4n) is 2.97. The molecule has 0 bridgehead atoms. The Bertz CT molecular complexity index is 1300. The zero-order chi connectivity index (χ0) is 19.7. The maximum absolute atomic E-state index is 12.6. The van der Waals surface area contributed by atoms with Crippen molar-refractivity contribution in [2.75, 3.05) is 0 Å². The number of fused-ring (bicyclic) bond motifs is 5. The van der Waals surface area contributed by atoms with Crippen LogP contribution in [0.1, 0.15) is 21.0 Å². The van der Waals surface area contributed by atoms with E-state index in [1.54, 1.807) is 0 Å². The minimum Gasteiger partial charge on any atom is -0.283 e. The van der Waals surface area contributed by atoms with Gasteiger partial charge in [0.1, 0.15) is 22.8 Å². The van der Waals surface area contributed by atoms with Gasteiger partial charge in [-0.05, 0) is 24.3 Å². The average molecular weight is 450 g/mol. The summed E-state index contributed by atoms with van der Waals surface area (Å²) in [5.74, 6) is -1.65. The van der Waals surface area contributed by atoms with Crippen LogP contribution >= 0.6 is 46.4 Å². The average Bonchev–Trinajstić information content (AvgIpc) is 2.66. The topological polar surface area (TPSA) is 85.7 Å². The molecule has 0 amide bonds. The van der Waals surface area contributed by atoms with Crippen molar-refractivity contribution in [1.82, 2.24) is 19.9 Å². The third kappa shape index (κ3) is 2.49. The lowest BCUT2D eigenvalue weighted by Crippen LogP contribution is -2.25. The van der Waals surface area contributed by atoms with Crippen molar-refractivity contribution in [3.8, 4) is 11.4 Å². The van der Waals surface area contributed by atoms with Crippen LogP contribution in [0.2, 0.25) is 20.1 Å². The van der Waals surface area contributed by atoms with Crippen LogP contribution in [-0.4, -0.2) is 31.5 Å². The van der Waals surface area contributed by atoms with Crippen LogP contribution in [-0.2, 0) is 0 Å². The zero-order valence-corrected chi connectivity index (χ0v) is 16.5. The Morgan fingerprint density at radius 2 is 0.714 bits per heavy atom. The van der Waals surface area contributed by atoms with Gasteiger partial charge in [-0.15, -0.1) is 0 Å². The fraction of sp³-hybridized carbons (Fsp3) is 0. The van der Waals surface area contributed by atoms with Crippen LogP contribution in [0.5, 0.6) is 0 Å². The molecule has 0 radical (unpaired) electrons. The number of nitrogens with zero attached hydrogens (tertiary/aromatic N) is 4. The molecule has 0 saturated heterocycles. The number of ketones is 2. The van der Waals surface area contributed by atoms with Gasteiger partial charge in [0.25, 0.3) is 11.6 Å². The molecule has 6 nitrogen and oxygen atoms in total. The molecular formula is C18H4Cl4N4O2. The molecule has 2 aromatic heterocycles. The Morgan fingerprint density at radius 1 is 0.464 bits per heavy atom. The van der Waals surface area contributed by atoms with E-state index in [-0.39, 0.29) is 42.9 Å². The summed E-state index contributed by atoms with van der Waals surface area (Å²) in [6.07, 6.45) is 0. The van der Waals surface area contributed by atoms with Crippen LogP contribution in [0.25, 0.3) is 33.5 Å². The summed E-state index contributed by atoms with van der Waals surface area (Å²) in [6.45, 7) is 0. The maximum atomic E-state index is 12.6. The molecule has 136 valence electrons. The minimum absolute atomic E-state index is 0.114. The Hall–Kier alpha value is -2.38. The van der Waals surface area contributed by atoms with Gasteiger partial charge >= 0.3 is 0 Å². The highest BCUT2D eigenvalue weighted by atomic mass is 35.5. The highest BCUT2D eigenvalue weighted by Crippen LogP contribution is 2.35. The second kappa shape index (κ2) is 6.06. The molecule has 5 rings (SSSR count). The summed E-state index contributed by atoms with van der Waals surface area (Å²) in [6, 6.07) is 6.01. The zero-order valence-electron chi connectivity index (χ0n) is 13.4. The van der Waals surface area contributed by atoms with Crippen molar-refractivity contribution < 1.29 is 9.59 Å². The minimum atomic E-state index is -0.823. The molecule has 1 aliphatic rings. The van der Waals surface area contributed by atoms with E-state index >= 15 is 0 Å². The summed E-state index contributed by atoms with van der Waals surface area (Å²) >= 11 is 24.1. The molecule has 0 spiro atoms. The molecule has 28 heavy (non-hydrogen) atoms. The van der Waals surface area contributed by atoms with Crippen molar-refractivity contribution in [2.45, 2.75) is 0 Å². The smallest absolute Gasteiger partial charge is 0.255 e. The van der Waals surface area contributed by atoms with Gasteiger partial charge in [0.05, 0.1) is 42.2 Å². The third-order valence-electron chi connectivity index (χ3n) is 4.27. The van der Waals surface area contributed by atoms with Gasteiger partial charge in [-0.25, -0.2) is 19.9 Å². The van der Waals surface area contributed by atoms with Crippen LogP contribution in [0.4, 0.5) is 0 Å². The predicted octanol–water partition coefficient (Wildman–Crippen LogP) is 5.23. The molecule has 0 unspecified atom stereocenters. The van der Waals surface area contributed by atoms with E-state index in [1.165, 1.54) is 24.3 Å². The number of aromatic nitrogens is 4. The van der Waals surface area contributed by atoms with Crippen molar-refractivity contribution in [2.24, 2.45) is 0 Å². The molecule has 2 aromatic carbocycles. The first-order chi connectivity index (χ1) is 13.3. The quantitative estimate of drug-likeness (QED) is 0.341. The van der Waals surface area contributed by atoms with Gasteiger partial charge in [-0.3, -0.25) is 9.59 Å². The predicted molar refractivity (Wildman–Crippen MR) is 107 cm³/mol. The monoisotopic (exact) mass is 448 g/mol. The van der Waals surface area contributed by atoms with Gasteiger partial charge in [0, 0.05) is 0 Å². The second-order valence-electron chi connectivity index (χ2n) is 6.01. The van der Waals surface area contributed by atoms with Crippen LogP contribution in [0, 0.1) is 0 Å². The number of rotatable bonds is 0. The molecule has 0 saturated carbocycles. The lowest BCUT2D eigenvalue weighted by molar-refractivity contribution is 0.0809. The highest BCUT2D eigenvalue weighted by Gasteiger charge is 2.36. The van der Waals surface area contributed by atoms with E-state index < -0.39 is 11.6 Å². The lowest BCUT2D eigenvalue weighted by Gasteiger charge is -2.16. The largest absolute Gasteiger partial charge is 0.283 e. The number of carbonyl (C=O) groups is 2. The summed E-state index contributed by atoms with van der Waals surface area (Å²) in [5, 5.41) is 1.09. The normalized spacial score (nSPS) is 13.1. The molecule has 2 heterocycles. The highest BCUT2D eigenvalue weighted by molar-refractivity contribution is 6.52. The number of hydrogen-bond donors (Lipinski definition) is 0. The molecule has 0 aliphatic heterocycles. The maximum Gasteiger partial charge on any atom is 0.255 e. The lowest BCUT2D eigenvalue weighted by atomic mass is 9.97. The van der Waals surface area contributed by atoms with E-state index in [1.807, 2.05) is 0 Å². The van der Waals surface area contributed by atoms with Crippen molar-refractivity contribution in [3.05, 3.63) is 55.7 Å². The Labute approximate surface area is 176 Å². The first-order valence-corrected chi connectivity index (χ1v) is 9.27. The van der Waals surface area contributed by atoms with Gasteiger partial charge in [-0.2, -0.15) is 0 Å².